The molecule has 0 saturated heterocycles. The summed E-state index contributed by atoms with van der Waals surface area (Å²) < 4.78 is 0. The molecule has 1 rings (SSSR count). The van der Waals surface area contributed by atoms with Crippen LogP contribution in [0.15, 0.2) is 0 Å². The minimum absolute atomic E-state index is 0.0927. The van der Waals surface area contributed by atoms with E-state index in [0.717, 1.165) is 12.8 Å². The summed E-state index contributed by atoms with van der Waals surface area (Å²) in [5.74, 6) is -0.554. The summed E-state index contributed by atoms with van der Waals surface area (Å²) in [5.41, 5.74) is 0.238. The molecule has 1 N–H and O–H groups in total. The summed E-state index contributed by atoms with van der Waals surface area (Å²) in [4.78, 5) is 11.6. The number of hydrogen-bond acceptors (Lipinski definition) is 2. The third kappa shape index (κ3) is 2.47. The number of rotatable bonds is 4. The topological polar surface area (TPSA) is 52.9 Å². The molecule has 0 spiro atoms. The lowest BCUT2D eigenvalue weighted by Crippen LogP contribution is -2.33. The van der Waals surface area contributed by atoms with Gasteiger partial charge in [0.05, 0.1) is 6.07 Å². The van der Waals surface area contributed by atoms with Crippen molar-refractivity contribution in [2.24, 2.45) is 11.3 Å². The van der Waals surface area contributed by atoms with Crippen LogP contribution in [0.5, 0.6) is 0 Å². The monoisotopic (exact) mass is 194 g/mol. The van der Waals surface area contributed by atoms with E-state index in [9.17, 15) is 4.79 Å². The minimum Gasteiger partial charge on any atom is -0.352 e. The van der Waals surface area contributed by atoms with E-state index in [1.165, 1.54) is 0 Å². The average Bonchev–Trinajstić information content (AvgIpc) is 2.69. The van der Waals surface area contributed by atoms with Crippen molar-refractivity contribution in [1.82, 2.24) is 5.32 Å². The predicted octanol–water partition coefficient (Wildman–Crippen LogP) is 1.84. The molecule has 1 aliphatic rings. The summed E-state index contributed by atoms with van der Waals surface area (Å²) in [6, 6.07) is 2.33. The molecule has 0 aromatic rings. The molecular weight excluding hydrogens is 176 g/mol. The quantitative estimate of drug-likeness (QED) is 0.742. The van der Waals surface area contributed by atoms with Crippen LogP contribution in [-0.4, -0.2) is 11.9 Å². The highest BCUT2D eigenvalue weighted by molar-refractivity contribution is 5.81. The second kappa shape index (κ2) is 4.00. The summed E-state index contributed by atoms with van der Waals surface area (Å²) in [6.07, 6.45) is 2.57. The third-order valence-electron chi connectivity index (χ3n) is 2.88. The normalized spacial score (nSPS) is 24.9. The zero-order valence-corrected chi connectivity index (χ0v) is 9.13. The molecule has 1 saturated carbocycles. The summed E-state index contributed by atoms with van der Waals surface area (Å²) in [6.45, 7) is 6.23. The molecule has 1 amide bonds. The van der Waals surface area contributed by atoms with Gasteiger partial charge in [0.25, 0.3) is 0 Å². The van der Waals surface area contributed by atoms with Crippen molar-refractivity contribution in [2.75, 3.05) is 0 Å². The van der Waals surface area contributed by atoms with Crippen LogP contribution in [0.1, 0.15) is 40.0 Å². The summed E-state index contributed by atoms with van der Waals surface area (Å²) >= 11 is 0. The maximum Gasteiger partial charge on any atom is 0.237 e. The summed E-state index contributed by atoms with van der Waals surface area (Å²) in [7, 11) is 0. The van der Waals surface area contributed by atoms with Gasteiger partial charge in [0.15, 0.2) is 0 Å². The van der Waals surface area contributed by atoms with Gasteiger partial charge in [-0.2, -0.15) is 5.26 Å². The lowest BCUT2D eigenvalue weighted by Gasteiger charge is -2.10. The van der Waals surface area contributed by atoms with Crippen molar-refractivity contribution in [3.05, 3.63) is 0 Å². The molecule has 0 bridgehead atoms. The Balaban J connectivity index is 2.38. The van der Waals surface area contributed by atoms with E-state index in [-0.39, 0.29) is 17.4 Å². The first kappa shape index (κ1) is 11.0. The fourth-order valence-corrected chi connectivity index (χ4v) is 1.53. The van der Waals surface area contributed by atoms with E-state index in [2.05, 4.69) is 25.2 Å². The van der Waals surface area contributed by atoms with Crippen LogP contribution in [0.25, 0.3) is 0 Å². The highest BCUT2D eigenvalue weighted by atomic mass is 16.2. The van der Waals surface area contributed by atoms with Crippen molar-refractivity contribution in [3.63, 3.8) is 0 Å². The van der Waals surface area contributed by atoms with Crippen LogP contribution < -0.4 is 5.32 Å². The fraction of sp³-hybridized carbons (Fsp3) is 0.818. The molecule has 3 heteroatoms. The minimum atomic E-state index is -0.462. The first-order chi connectivity index (χ1) is 6.51. The van der Waals surface area contributed by atoms with Gasteiger partial charge in [0, 0.05) is 6.04 Å². The first-order valence-electron chi connectivity index (χ1n) is 5.21. The van der Waals surface area contributed by atoms with Crippen molar-refractivity contribution in [3.8, 4) is 6.07 Å². The Morgan fingerprint density at radius 3 is 2.64 bits per heavy atom. The zero-order chi connectivity index (χ0) is 10.8. The highest BCUT2D eigenvalue weighted by Gasteiger charge is 2.47. The standard InChI is InChI=1S/C11H18N2O/c1-4-5-8(7-12)10(14)13-9-6-11(9,2)3/h8-9H,4-6H2,1-3H3,(H,13,14). The molecule has 2 atom stereocenters. The van der Waals surface area contributed by atoms with E-state index >= 15 is 0 Å². The van der Waals surface area contributed by atoms with E-state index in [1.807, 2.05) is 6.92 Å². The SMILES string of the molecule is CCCC(C#N)C(=O)NC1CC1(C)C. The van der Waals surface area contributed by atoms with Gasteiger partial charge in [-0.25, -0.2) is 0 Å². The van der Waals surface area contributed by atoms with Gasteiger partial charge in [-0.15, -0.1) is 0 Å². The second-order valence-corrected chi connectivity index (χ2v) is 4.72. The molecule has 78 valence electrons. The van der Waals surface area contributed by atoms with Crippen LogP contribution in [-0.2, 0) is 4.79 Å². The smallest absolute Gasteiger partial charge is 0.237 e. The lowest BCUT2D eigenvalue weighted by molar-refractivity contribution is -0.123. The first-order valence-corrected chi connectivity index (χ1v) is 5.21. The highest BCUT2D eigenvalue weighted by Crippen LogP contribution is 2.44. The largest absolute Gasteiger partial charge is 0.352 e. The Kier molecular flexibility index (Phi) is 3.15. The van der Waals surface area contributed by atoms with Gasteiger partial charge in [-0.05, 0) is 18.3 Å². The Morgan fingerprint density at radius 2 is 2.29 bits per heavy atom. The average molecular weight is 194 g/mol. The number of amides is 1. The van der Waals surface area contributed by atoms with Crippen molar-refractivity contribution >= 4 is 5.91 Å². The van der Waals surface area contributed by atoms with Crippen LogP contribution in [0.2, 0.25) is 0 Å². The van der Waals surface area contributed by atoms with Crippen molar-refractivity contribution in [2.45, 2.75) is 46.1 Å². The molecular formula is C11H18N2O. The Morgan fingerprint density at radius 1 is 1.71 bits per heavy atom. The van der Waals surface area contributed by atoms with E-state index in [4.69, 9.17) is 5.26 Å². The maximum absolute atomic E-state index is 11.6. The molecule has 3 nitrogen and oxygen atoms in total. The Labute approximate surface area is 85.5 Å². The number of carbonyl (C=O) groups is 1. The molecule has 14 heavy (non-hydrogen) atoms. The van der Waals surface area contributed by atoms with Gasteiger partial charge in [-0.3, -0.25) is 4.79 Å². The van der Waals surface area contributed by atoms with Gasteiger partial charge in [0.1, 0.15) is 5.92 Å². The molecule has 0 radical (unpaired) electrons. The van der Waals surface area contributed by atoms with E-state index in [1.54, 1.807) is 0 Å². The predicted molar refractivity (Wildman–Crippen MR) is 54.3 cm³/mol. The van der Waals surface area contributed by atoms with Crippen molar-refractivity contribution in [1.29, 1.82) is 5.26 Å². The Hall–Kier alpha value is -1.04. The molecule has 0 heterocycles. The van der Waals surface area contributed by atoms with Gasteiger partial charge >= 0.3 is 0 Å². The summed E-state index contributed by atoms with van der Waals surface area (Å²) in [5, 5.41) is 11.7. The molecule has 0 aromatic carbocycles. The third-order valence-corrected chi connectivity index (χ3v) is 2.88. The van der Waals surface area contributed by atoms with Gasteiger partial charge < -0.3 is 5.32 Å². The number of carbonyl (C=O) groups excluding carboxylic acids is 1. The maximum atomic E-state index is 11.6. The molecule has 1 aliphatic carbocycles. The van der Waals surface area contributed by atoms with Crippen LogP contribution >= 0.6 is 0 Å². The molecule has 1 fully saturated rings. The molecule has 2 unspecified atom stereocenters. The lowest BCUT2D eigenvalue weighted by atomic mass is 10.0. The Bertz CT molecular complexity index is 265. The molecule has 0 aliphatic heterocycles. The number of nitrogens with one attached hydrogen (secondary N) is 1. The van der Waals surface area contributed by atoms with Crippen molar-refractivity contribution < 1.29 is 4.79 Å². The van der Waals surface area contributed by atoms with Crippen LogP contribution in [0.3, 0.4) is 0 Å². The number of nitrogens with zero attached hydrogens (tertiary/aromatic N) is 1. The number of nitriles is 1. The van der Waals surface area contributed by atoms with Gasteiger partial charge in [0.2, 0.25) is 5.91 Å². The fourth-order valence-electron chi connectivity index (χ4n) is 1.53. The van der Waals surface area contributed by atoms with Crippen LogP contribution in [0.4, 0.5) is 0 Å². The van der Waals surface area contributed by atoms with Crippen LogP contribution in [0, 0.1) is 22.7 Å². The second-order valence-electron chi connectivity index (χ2n) is 4.72. The van der Waals surface area contributed by atoms with Gasteiger partial charge in [-0.1, -0.05) is 27.2 Å². The van der Waals surface area contributed by atoms with E-state index in [0.29, 0.717) is 6.42 Å². The van der Waals surface area contributed by atoms with E-state index < -0.39 is 5.92 Å². The molecule has 0 aromatic heterocycles. The zero-order valence-electron chi connectivity index (χ0n) is 9.13. The number of hydrogen-bond donors (Lipinski definition) is 1.